The lowest BCUT2D eigenvalue weighted by atomic mass is 9.91. The Balaban J connectivity index is 1.34. The maximum atomic E-state index is 13.9. The van der Waals surface area contributed by atoms with Crippen molar-refractivity contribution >= 4 is 0 Å². The van der Waals surface area contributed by atoms with Crippen molar-refractivity contribution in [3.63, 3.8) is 0 Å². The second-order valence-electron chi connectivity index (χ2n) is 8.25. The molecule has 1 aliphatic heterocycles. The molecule has 0 bridgehead atoms. The van der Waals surface area contributed by atoms with E-state index in [0.717, 1.165) is 18.7 Å². The number of phenolic OH excluding ortho intramolecular Hbond substituents is 1. The fourth-order valence-electron chi connectivity index (χ4n) is 4.89. The Morgan fingerprint density at radius 2 is 1.67 bits per heavy atom. The van der Waals surface area contributed by atoms with Crippen LogP contribution in [0.4, 0.5) is 4.39 Å². The third-order valence-electron chi connectivity index (χ3n) is 6.12. The molecule has 3 N–H and O–H groups in total. The van der Waals surface area contributed by atoms with E-state index in [1.165, 1.54) is 6.07 Å². The first-order valence-corrected chi connectivity index (χ1v) is 9.57. The average Bonchev–Trinajstić information content (AvgIpc) is 3.11. The fourth-order valence-corrected chi connectivity index (χ4v) is 4.89. The molecule has 4 rings (SSSR count). The molecule has 4 atom stereocenters. The second-order valence-corrected chi connectivity index (χ2v) is 8.25. The largest absolute Gasteiger partial charge is 0.508 e. The molecule has 1 saturated heterocycles. The number of fused-ring (bicyclic) bond motifs is 1. The monoisotopic (exact) mass is 371 g/mol. The summed E-state index contributed by atoms with van der Waals surface area (Å²) >= 11 is 0. The number of benzene rings is 2. The summed E-state index contributed by atoms with van der Waals surface area (Å²) < 4.78 is 13.9. The van der Waals surface area contributed by atoms with Crippen LogP contribution in [-0.2, 0) is 6.42 Å². The van der Waals surface area contributed by atoms with Crippen molar-refractivity contribution < 1.29 is 19.7 Å². The first kappa shape index (κ1) is 18.4. The Kier molecular flexibility index (Phi) is 4.93. The minimum Gasteiger partial charge on any atom is -0.508 e. The first-order valence-electron chi connectivity index (χ1n) is 9.57. The van der Waals surface area contributed by atoms with Crippen molar-refractivity contribution in [1.29, 1.82) is 0 Å². The molecule has 2 aliphatic rings. The van der Waals surface area contributed by atoms with Gasteiger partial charge in [0.2, 0.25) is 0 Å². The molecule has 2 aromatic carbocycles. The number of aliphatic hydroxyl groups is 2. The van der Waals surface area contributed by atoms with Gasteiger partial charge in [-0.1, -0.05) is 30.3 Å². The quantitative estimate of drug-likeness (QED) is 0.756. The van der Waals surface area contributed by atoms with Crippen LogP contribution in [-0.4, -0.2) is 45.5 Å². The van der Waals surface area contributed by atoms with Crippen LogP contribution in [0.15, 0.2) is 48.5 Å². The number of β-amino-alcohol motifs (C(OH)–C–C–N with tert-alkyl or cyclic N) is 1. The second kappa shape index (κ2) is 7.23. The normalized spacial score (nSPS) is 29.0. The third kappa shape index (κ3) is 4.00. The minimum atomic E-state index is -0.834. The van der Waals surface area contributed by atoms with E-state index in [0.29, 0.717) is 43.2 Å². The summed E-state index contributed by atoms with van der Waals surface area (Å²) in [6, 6.07) is 13.3. The van der Waals surface area contributed by atoms with Gasteiger partial charge in [-0.3, -0.25) is 4.90 Å². The molecule has 1 unspecified atom stereocenters. The van der Waals surface area contributed by atoms with Gasteiger partial charge in [-0.05, 0) is 54.0 Å². The van der Waals surface area contributed by atoms with E-state index in [-0.39, 0.29) is 11.6 Å². The predicted octanol–water partition coefficient (Wildman–Crippen LogP) is 2.88. The van der Waals surface area contributed by atoms with Crippen molar-refractivity contribution in [2.24, 2.45) is 11.8 Å². The summed E-state index contributed by atoms with van der Waals surface area (Å²) in [7, 11) is 0. The number of likely N-dealkylation sites (tertiary alicyclic amines) is 1. The summed E-state index contributed by atoms with van der Waals surface area (Å²) in [5.74, 6) is 0.708. The molecular weight excluding hydrogens is 345 g/mol. The molecule has 1 heterocycles. The zero-order valence-electron chi connectivity index (χ0n) is 15.3. The van der Waals surface area contributed by atoms with Gasteiger partial charge in [0, 0.05) is 26.1 Å². The fraction of sp³-hybridized carbons (Fsp3) is 0.455. The molecule has 27 heavy (non-hydrogen) atoms. The van der Waals surface area contributed by atoms with Crippen LogP contribution in [0.5, 0.6) is 5.75 Å². The summed E-state index contributed by atoms with van der Waals surface area (Å²) in [4.78, 5) is 2.25. The highest BCUT2D eigenvalue weighted by atomic mass is 19.1. The topological polar surface area (TPSA) is 63.9 Å². The Labute approximate surface area is 158 Å². The molecule has 2 aromatic rings. The van der Waals surface area contributed by atoms with Gasteiger partial charge in [-0.15, -0.1) is 0 Å². The number of nitrogens with zero attached hydrogens (tertiary/aromatic N) is 1. The Hall–Kier alpha value is -1.95. The Bertz CT molecular complexity index is 780. The van der Waals surface area contributed by atoms with Crippen LogP contribution < -0.4 is 0 Å². The summed E-state index contributed by atoms with van der Waals surface area (Å²) in [6.07, 6.45) is 1.13. The maximum absolute atomic E-state index is 13.9. The molecule has 144 valence electrons. The molecule has 1 aliphatic carbocycles. The van der Waals surface area contributed by atoms with Crippen LogP contribution in [0, 0.1) is 17.7 Å². The average molecular weight is 371 g/mol. The molecule has 0 radical (unpaired) electrons. The number of aliphatic hydroxyl groups excluding tert-OH is 1. The molecule has 0 amide bonds. The predicted molar refractivity (Wildman–Crippen MR) is 101 cm³/mol. The van der Waals surface area contributed by atoms with Crippen molar-refractivity contribution in [3.05, 3.63) is 65.5 Å². The molecule has 5 heteroatoms. The number of halogens is 1. The highest BCUT2D eigenvalue weighted by Gasteiger charge is 2.48. The van der Waals surface area contributed by atoms with Gasteiger partial charge in [0.1, 0.15) is 11.6 Å². The molecular formula is C22H26FNO3. The molecule has 0 spiro atoms. The van der Waals surface area contributed by atoms with Gasteiger partial charge in [-0.2, -0.15) is 0 Å². The van der Waals surface area contributed by atoms with Crippen LogP contribution in [0.3, 0.4) is 0 Å². The highest BCUT2D eigenvalue weighted by molar-refractivity contribution is 5.27. The lowest BCUT2D eigenvalue weighted by molar-refractivity contribution is 0.0321. The van der Waals surface area contributed by atoms with Gasteiger partial charge < -0.3 is 15.3 Å². The highest BCUT2D eigenvalue weighted by Crippen LogP contribution is 2.45. The third-order valence-corrected chi connectivity index (χ3v) is 6.12. The first-order chi connectivity index (χ1) is 12.9. The standard InChI is InChI=1S/C22H26FNO3/c23-20-4-2-1-3-16(20)9-22(27)10-17-12-24(13-18(17)11-22)14-21(26)15-5-7-19(25)8-6-15/h1-8,17-18,21,25-27H,9-14H2/t17-,18+,21?,22+. The Morgan fingerprint density at radius 3 is 2.30 bits per heavy atom. The van der Waals surface area contributed by atoms with Gasteiger partial charge in [0.25, 0.3) is 0 Å². The summed E-state index contributed by atoms with van der Waals surface area (Å²) in [6.45, 7) is 2.24. The number of phenols is 1. The van der Waals surface area contributed by atoms with Crippen LogP contribution in [0.25, 0.3) is 0 Å². The van der Waals surface area contributed by atoms with Crippen molar-refractivity contribution in [2.75, 3.05) is 19.6 Å². The van der Waals surface area contributed by atoms with E-state index < -0.39 is 11.7 Å². The molecule has 2 fully saturated rings. The van der Waals surface area contributed by atoms with Gasteiger partial charge in [-0.25, -0.2) is 4.39 Å². The van der Waals surface area contributed by atoms with Crippen LogP contribution in [0.2, 0.25) is 0 Å². The van der Waals surface area contributed by atoms with E-state index in [9.17, 15) is 19.7 Å². The van der Waals surface area contributed by atoms with Crippen molar-refractivity contribution in [1.82, 2.24) is 4.90 Å². The van der Waals surface area contributed by atoms with Gasteiger partial charge >= 0.3 is 0 Å². The van der Waals surface area contributed by atoms with E-state index in [2.05, 4.69) is 4.90 Å². The molecule has 1 saturated carbocycles. The number of hydrogen-bond acceptors (Lipinski definition) is 4. The number of aromatic hydroxyl groups is 1. The van der Waals surface area contributed by atoms with Crippen molar-refractivity contribution in [3.8, 4) is 5.75 Å². The molecule has 0 aromatic heterocycles. The maximum Gasteiger partial charge on any atom is 0.126 e. The smallest absolute Gasteiger partial charge is 0.126 e. The summed E-state index contributed by atoms with van der Waals surface area (Å²) in [5, 5.41) is 30.8. The van der Waals surface area contributed by atoms with Gasteiger partial charge in [0.15, 0.2) is 0 Å². The zero-order valence-corrected chi connectivity index (χ0v) is 15.3. The van der Waals surface area contributed by atoms with E-state index >= 15 is 0 Å². The van der Waals surface area contributed by atoms with E-state index in [1.807, 2.05) is 6.07 Å². The van der Waals surface area contributed by atoms with Crippen LogP contribution >= 0.6 is 0 Å². The van der Waals surface area contributed by atoms with E-state index in [1.54, 1.807) is 36.4 Å². The van der Waals surface area contributed by atoms with Crippen molar-refractivity contribution in [2.45, 2.75) is 31.0 Å². The van der Waals surface area contributed by atoms with E-state index in [4.69, 9.17) is 0 Å². The lowest BCUT2D eigenvalue weighted by Crippen LogP contribution is -2.33. The lowest BCUT2D eigenvalue weighted by Gasteiger charge is -2.27. The molecule has 4 nitrogen and oxygen atoms in total. The van der Waals surface area contributed by atoms with Crippen LogP contribution in [0.1, 0.15) is 30.1 Å². The Morgan fingerprint density at radius 1 is 1.04 bits per heavy atom. The number of rotatable bonds is 5. The SMILES string of the molecule is Oc1ccc(C(O)CN2C[C@@H]3C[C@](O)(Cc4ccccc4F)C[C@@H]3C2)cc1. The number of hydrogen-bond donors (Lipinski definition) is 3. The van der Waals surface area contributed by atoms with Gasteiger partial charge in [0.05, 0.1) is 11.7 Å². The zero-order chi connectivity index (χ0) is 19.0. The summed E-state index contributed by atoms with van der Waals surface area (Å²) in [5.41, 5.74) is 0.541. The minimum absolute atomic E-state index is 0.191.